The number of hydrogen-bond donors (Lipinski definition) is 1. The van der Waals surface area contributed by atoms with Crippen LogP contribution in [0.5, 0.6) is 0 Å². The molecule has 1 saturated heterocycles. The molecular formula is C11H13N3O3. The second-order valence-electron chi connectivity index (χ2n) is 4.46. The van der Waals surface area contributed by atoms with Gasteiger partial charge < -0.3 is 4.52 Å². The van der Waals surface area contributed by atoms with E-state index in [0.29, 0.717) is 6.54 Å². The quantitative estimate of drug-likeness (QED) is 0.746. The number of nitrogens with one attached hydrogen (secondary N) is 1. The van der Waals surface area contributed by atoms with Crippen molar-refractivity contribution in [2.45, 2.75) is 37.9 Å². The largest absolute Gasteiger partial charge is 0.364 e. The summed E-state index contributed by atoms with van der Waals surface area (Å²) in [6.45, 7) is 0.443. The van der Waals surface area contributed by atoms with Gasteiger partial charge >= 0.3 is 0 Å². The number of imide groups is 1. The highest BCUT2D eigenvalue weighted by Gasteiger charge is 2.45. The van der Waals surface area contributed by atoms with E-state index < -0.39 is 6.04 Å². The summed E-state index contributed by atoms with van der Waals surface area (Å²) >= 11 is 0. The van der Waals surface area contributed by atoms with Gasteiger partial charge in [0, 0.05) is 18.7 Å². The van der Waals surface area contributed by atoms with Crippen molar-refractivity contribution < 1.29 is 14.1 Å². The fourth-order valence-electron chi connectivity index (χ4n) is 2.08. The van der Waals surface area contributed by atoms with E-state index in [-0.39, 0.29) is 24.3 Å². The number of aromatic nitrogens is 1. The molecule has 1 aliphatic carbocycles. The van der Waals surface area contributed by atoms with Crippen LogP contribution in [-0.4, -0.2) is 34.0 Å². The third-order valence-electron chi connectivity index (χ3n) is 3.12. The van der Waals surface area contributed by atoms with Crippen LogP contribution < -0.4 is 5.32 Å². The predicted molar refractivity (Wildman–Crippen MR) is 56.6 cm³/mol. The predicted octanol–water partition coefficient (Wildman–Crippen LogP) is 0.0541. The van der Waals surface area contributed by atoms with Crippen molar-refractivity contribution in [1.82, 2.24) is 15.4 Å². The zero-order chi connectivity index (χ0) is 11.8. The maximum Gasteiger partial charge on any atom is 0.247 e. The molecule has 1 saturated carbocycles. The molecule has 1 aromatic rings. The van der Waals surface area contributed by atoms with E-state index in [4.69, 9.17) is 4.52 Å². The first-order valence-electron chi connectivity index (χ1n) is 5.74. The van der Waals surface area contributed by atoms with E-state index >= 15 is 0 Å². The van der Waals surface area contributed by atoms with E-state index in [9.17, 15) is 9.59 Å². The molecule has 3 rings (SSSR count). The van der Waals surface area contributed by atoms with Crippen molar-refractivity contribution in [2.24, 2.45) is 0 Å². The van der Waals surface area contributed by atoms with Crippen molar-refractivity contribution in [2.75, 3.05) is 0 Å². The molecule has 1 N–H and O–H groups in total. The van der Waals surface area contributed by atoms with Gasteiger partial charge in [-0.2, -0.15) is 0 Å². The van der Waals surface area contributed by atoms with Crippen LogP contribution >= 0.6 is 0 Å². The molecule has 2 fully saturated rings. The Hall–Kier alpha value is -1.69. The zero-order valence-electron chi connectivity index (χ0n) is 9.26. The molecule has 90 valence electrons. The number of likely N-dealkylation sites (tertiary alicyclic amines) is 1. The molecule has 6 heteroatoms. The van der Waals surface area contributed by atoms with Gasteiger partial charge in [0.15, 0.2) is 0 Å². The molecule has 1 aliphatic heterocycles. The van der Waals surface area contributed by atoms with Crippen LogP contribution in [-0.2, 0) is 16.1 Å². The van der Waals surface area contributed by atoms with Gasteiger partial charge in [0.25, 0.3) is 0 Å². The van der Waals surface area contributed by atoms with Crippen molar-refractivity contribution in [1.29, 1.82) is 0 Å². The molecule has 6 nitrogen and oxygen atoms in total. The van der Waals surface area contributed by atoms with Crippen molar-refractivity contribution in [3.8, 4) is 0 Å². The van der Waals surface area contributed by atoms with Gasteiger partial charge in [-0.3, -0.25) is 19.8 Å². The van der Waals surface area contributed by atoms with Crippen LogP contribution in [0.4, 0.5) is 0 Å². The van der Waals surface area contributed by atoms with Crippen LogP contribution in [0.2, 0.25) is 0 Å². The minimum Gasteiger partial charge on any atom is -0.364 e. The van der Waals surface area contributed by atoms with Crippen LogP contribution in [0.1, 0.15) is 25.0 Å². The minimum atomic E-state index is -0.403. The van der Waals surface area contributed by atoms with Gasteiger partial charge in [0.2, 0.25) is 11.8 Å². The number of amides is 2. The van der Waals surface area contributed by atoms with Crippen LogP contribution in [0.25, 0.3) is 0 Å². The molecule has 0 radical (unpaired) electrons. The lowest BCUT2D eigenvalue weighted by atomic mass is 10.2. The molecule has 1 atom stereocenters. The van der Waals surface area contributed by atoms with E-state index in [1.165, 1.54) is 11.2 Å². The molecule has 2 amide bonds. The summed E-state index contributed by atoms with van der Waals surface area (Å²) < 4.78 is 4.69. The molecule has 1 aromatic heterocycles. The highest BCUT2D eigenvalue weighted by Crippen LogP contribution is 2.31. The third kappa shape index (κ3) is 1.95. The Morgan fingerprint density at radius 2 is 2.29 bits per heavy atom. The summed E-state index contributed by atoms with van der Waals surface area (Å²) in [5, 5.41) is 6.78. The lowest BCUT2D eigenvalue weighted by Crippen LogP contribution is -2.39. The number of rotatable bonds is 4. The molecule has 2 aliphatic rings. The van der Waals surface area contributed by atoms with Gasteiger partial charge in [0.05, 0.1) is 18.2 Å². The summed E-state index contributed by atoms with van der Waals surface area (Å²) in [6.07, 6.45) is 3.64. The summed E-state index contributed by atoms with van der Waals surface area (Å²) in [7, 11) is 0. The minimum absolute atomic E-state index is 0.0600. The van der Waals surface area contributed by atoms with Crippen LogP contribution in [0.15, 0.2) is 16.9 Å². The topological polar surface area (TPSA) is 75.4 Å². The van der Waals surface area contributed by atoms with Gasteiger partial charge in [-0.25, -0.2) is 0 Å². The van der Waals surface area contributed by atoms with Crippen molar-refractivity contribution in [3.63, 3.8) is 0 Å². The first kappa shape index (κ1) is 10.5. The average Bonchev–Trinajstić information content (AvgIpc) is 2.90. The highest BCUT2D eigenvalue weighted by molar-refractivity contribution is 6.06. The smallest absolute Gasteiger partial charge is 0.247 e. The van der Waals surface area contributed by atoms with Gasteiger partial charge in [-0.05, 0) is 12.8 Å². The van der Waals surface area contributed by atoms with E-state index in [1.807, 2.05) is 0 Å². The molecule has 0 aromatic carbocycles. The molecule has 0 bridgehead atoms. The molecule has 17 heavy (non-hydrogen) atoms. The standard InChI is InChI=1S/C11H13N3O3/c15-10-5-9(11(16)14(10)8-1-2-8)12-6-7-3-4-17-13-7/h3-4,8-9,12H,1-2,5-6H2. The maximum atomic E-state index is 12.0. The molecule has 0 spiro atoms. The van der Waals surface area contributed by atoms with Crippen LogP contribution in [0, 0.1) is 0 Å². The molecular weight excluding hydrogens is 222 g/mol. The fraction of sp³-hybridized carbons (Fsp3) is 0.545. The number of hydrogen-bond acceptors (Lipinski definition) is 5. The highest BCUT2D eigenvalue weighted by atomic mass is 16.5. The SMILES string of the molecule is O=C1CC(NCc2ccon2)C(=O)N1C1CC1. The Bertz CT molecular complexity index is 439. The van der Waals surface area contributed by atoms with Crippen molar-refractivity contribution in [3.05, 3.63) is 18.0 Å². The lowest BCUT2D eigenvalue weighted by Gasteiger charge is -2.13. The van der Waals surface area contributed by atoms with E-state index in [1.54, 1.807) is 6.07 Å². The van der Waals surface area contributed by atoms with E-state index in [2.05, 4.69) is 10.5 Å². The number of carbonyl (C=O) groups excluding carboxylic acids is 2. The van der Waals surface area contributed by atoms with Gasteiger partial charge in [0.1, 0.15) is 6.26 Å². The zero-order valence-corrected chi connectivity index (χ0v) is 9.26. The van der Waals surface area contributed by atoms with E-state index in [0.717, 1.165) is 18.5 Å². The Morgan fingerprint density at radius 1 is 1.47 bits per heavy atom. The summed E-state index contributed by atoms with van der Waals surface area (Å²) in [5.41, 5.74) is 0.732. The second-order valence-corrected chi connectivity index (χ2v) is 4.46. The van der Waals surface area contributed by atoms with Gasteiger partial charge in [-0.1, -0.05) is 5.16 Å². The third-order valence-corrected chi connectivity index (χ3v) is 3.12. The normalized spacial score (nSPS) is 24.7. The van der Waals surface area contributed by atoms with Crippen LogP contribution in [0.3, 0.4) is 0 Å². The number of nitrogens with zero attached hydrogens (tertiary/aromatic N) is 2. The second kappa shape index (κ2) is 3.96. The summed E-state index contributed by atoms with van der Waals surface area (Å²) in [6, 6.07) is 1.49. The summed E-state index contributed by atoms with van der Waals surface area (Å²) in [4.78, 5) is 25.0. The number of carbonyl (C=O) groups is 2. The van der Waals surface area contributed by atoms with Crippen molar-refractivity contribution >= 4 is 11.8 Å². The Kier molecular flexibility index (Phi) is 2.44. The average molecular weight is 235 g/mol. The van der Waals surface area contributed by atoms with Gasteiger partial charge in [-0.15, -0.1) is 0 Å². The first-order chi connectivity index (χ1) is 8.25. The Morgan fingerprint density at radius 3 is 2.94 bits per heavy atom. The Labute approximate surface area is 97.9 Å². The molecule has 2 heterocycles. The maximum absolute atomic E-state index is 12.0. The first-order valence-corrected chi connectivity index (χ1v) is 5.74. The molecule has 1 unspecified atom stereocenters. The monoisotopic (exact) mass is 235 g/mol. The summed E-state index contributed by atoms with van der Waals surface area (Å²) in [5.74, 6) is -0.156. The Balaban J connectivity index is 1.61. The lowest BCUT2D eigenvalue weighted by molar-refractivity contribution is -0.139. The fourth-order valence-corrected chi connectivity index (χ4v) is 2.08.